The van der Waals surface area contributed by atoms with Gasteiger partial charge in [0, 0.05) is 29.7 Å². The lowest BCUT2D eigenvalue weighted by Crippen LogP contribution is -2.34. The van der Waals surface area contributed by atoms with Crippen LogP contribution in [0.4, 0.5) is 11.5 Å². The molecule has 3 aromatic rings. The van der Waals surface area contributed by atoms with E-state index in [9.17, 15) is 4.79 Å². The van der Waals surface area contributed by atoms with Gasteiger partial charge >= 0.3 is 0 Å². The zero-order valence-electron chi connectivity index (χ0n) is 17.8. The molecule has 0 atom stereocenters. The smallest absolute Gasteiger partial charge is 0.258 e. The van der Waals surface area contributed by atoms with Gasteiger partial charge in [0.1, 0.15) is 11.6 Å². The maximum atomic E-state index is 11.8. The molecule has 0 bridgehead atoms. The lowest BCUT2D eigenvalue weighted by Gasteiger charge is -2.12. The number of carbonyl (C=O) groups excluding carboxylic acids is 1. The van der Waals surface area contributed by atoms with Crippen LogP contribution in [0.15, 0.2) is 53.7 Å². The number of hydrogen-bond donors (Lipinski definition) is 2. The SMILES string of the molecule is Cc1cc2c(cc1Nc1ccnc(-c3cccc(OCC(=O)NC(C)C)c3)n1)C=NC2. The highest BCUT2D eigenvalue weighted by Gasteiger charge is 2.11. The largest absolute Gasteiger partial charge is 0.484 e. The fourth-order valence-corrected chi connectivity index (χ4v) is 3.36. The third-order valence-electron chi connectivity index (χ3n) is 4.81. The molecule has 158 valence electrons. The minimum Gasteiger partial charge on any atom is -0.484 e. The van der Waals surface area contributed by atoms with Gasteiger partial charge in [-0.25, -0.2) is 9.97 Å². The first-order chi connectivity index (χ1) is 15.0. The van der Waals surface area contributed by atoms with Crippen LogP contribution in [0.3, 0.4) is 0 Å². The molecule has 31 heavy (non-hydrogen) atoms. The maximum Gasteiger partial charge on any atom is 0.258 e. The number of anilines is 2. The van der Waals surface area contributed by atoms with Crippen LogP contribution in [-0.2, 0) is 11.3 Å². The summed E-state index contributed by atoms with van der Waals surface area (Å²) in [6, 6.07) is 13.6. The van der Waals surface area contributed by atoms with Crippen LogP contribution in [0.25, 0.3) is 11.4 Å². The van der Waals surface area contributed by atoms with E-state index in [0.717, 1.165) is 28.9 Å². The highest BCUT2D eigenvalue weighted by Crippen LogP contribution is 2.27. The zero-order chi connectivity index (χ0) is 21.8. The van der Waals surface area contributed by atoms with Gasteiger partial charge in [0.05, 0.1) is 6.54 Å². The minimum absolute atomic E-state index is 0.0367. The van der Waals surface area contributed by atoms with Crippen molar-refractivity contribution in [2.45, 2.75) is 33.4 Å². The van der Waals surface area contributed by atoms with Crippen LogP contribution in [0.2, 0.25) is 0 Å². The first kappa shape index (κ1) is 20.5. The Morgan fingerprint density at radius 2 is 2.06 bits per heavy atom. The third-order valence-corrected chi connectivity index (χ3v) is 4.81. The molecule has 4 rings (SSSR count). The number of hydrogen-bond acceptors (Lipinski definition) is 6. The molecule has 0 aliphatic carbocycles. The molecule has 0 saturated heterocycles. The molecule has 1 aliphatic heterocycles. The van der Waals surface area contributed by atoms with Gasteiger partial charge in [-0.15, -0.1) is 0 Å². The first-order valence-corrected chi connectivity index (χ1v) is 10.2. The van der Waals surface area contributed by atoms with Gasteiger partial charge in [-0.1, -0.05) is 18.2 Å². The van der Waals surface area contributed by atoms with E-state index in [1.54, 1.807) is 6.20 Å². The second-order valence-electron chi connectivity index (χ2n) is 7.76. The van der Waals surface area contributed by atoms with Crippen LogP contribution < -0.4 is 15.4 Å². The number of ether oxygens (including phenoxy) is 1. The molecule has 1 amide bonds. The summed E-state index contributed by atoms with van der Waals surface area (Å²) in [5.41, 5.74) is 5.31. The number of aliphatic imine (C=N–C) groups is 1. The normalized spacial score (nSPS) is 12.0. The van der Waals surface area contributed by atoms with Crippen molar-refractivity contribution in [3.63, 3.8) is 0 Å². The molecule has 0 fully saturated rings. The van der Waals surface area contributed by atoms with Crippen molar-refractivity contribution in [1.29, 1.82) is 0 Å². The van der Waals surface area contributed by atoms with Gasteiger partial charge in [-0.05, 0) is 61.7 Å². The summed E-state index contributed by atoms with van der Waals surface area (Å²) < 4.78 is 5.62. The quantitative estimate of drug-likeness (QED) is 0.608. The van der Waals surface area contributed by atoms with Crippen LogP contribution in [0, 0.1) is 6.92 Å². The fraction of sp³-hybridized carbons (Fsp3) is 0.250. The number of nitrogens with zero attached hydrogens (tertiary/aromatic N) is 3. The van der Waals surface area contributed by atoms with Crippen LogP contribution in [0.5, 0.6) is 5.75 Å². The molecular weight excluding hydrogens is 390 g/mol. The highest BCUT2D eigenvalue weighted by atomic mass is 16.5. The Morgan fingerprint density at radius 1 is 1.19 bits per heavy atom. The van der Waals surface area contributed by atoms with Gasteiger partial charge in [-0.3, -0.25) is 9.79 Å². The van der Waals surface area contributed by atoms with E-state index < -0.39 is 0 Å². The molecular formula is C24H25N5O2. The van der Waals surface area contributed by atoms with E-state index in [0.29, 0.717) is 17.4 Å². The van der Waals surface area contributed by atoms with E-state index in [1.807, 2.05) is 50.4 Å². The summed E-state index contributed by atoms with van der Waals surface area (Å²) in [6.45, 7) is 6.60. The average molecular weight is 415 g/mol. The van der Waals surface area contributed by atoms with Crippen molar-refractivity contribution in [2.24, 2.45) is 4.99 Å². The number of carbonyl (C=O) groups is 1. The summed E-state index contributed by atoms with van der Waals surface area (Å²) in [6.07, 6.45) is 3.62. The predicted molar refractivity (Wildman–Crippen MR) is 122 cm³/mol. The number of aromatic nitrogens is 2. The monoisotopic (exact) mass is 415 g/mol. The average Bonchev–Trinajstić information content (AvgIpc) is 3.19. The predicted octanol–water partition coefficient (Wildman–Crippen LogP) is 4.03. The molecule has 1 aliphatic rings. The van der Waals surface area contributed by atoms with E-state index >= 15 is 0 Å². The molecule has 0 unspecified atom stereocenters. The summed E-state index contributed by atoms with van der Waals surface area (Å²) in [5.74, 6) is 1.71. The zero-order valence-corrected chi connectivity index (χ0v) is 17.8. The standard InChI is InChI=1S/C24H25N5O2/c1-15(2)27-23(30)14-31-20-6-4-5-17(10-20)24-26-8-7-22(29-24)28-21-11-19-13-25-12-18(19)9-16(21)3/h4-11,13,15H,12,14H2,1-3H3,(H,27,30)(H,26,28,29). The van der Waals surface area contributed by atoms with Crippen molar-refractivity contribution in [3.8, 4) is 17.1 Å². The van der Waals surface area contributed by atoms with Crippen molar-refractivity contribution in [2.75, 3.05) is 11.9 Å². The first-order valence-electron chi connectivity index (χ1n) is 10.2. The second kappa shape index (κ2) is 8.95. The summed E-state index contributed by atoms with van der Waals surface area (Å²) in [7, 11) is 0. The molecule has 7 nitrogen and oxygen atoms in total. The fourth-order valence-electron chi connectivity index (χ4n) is 3.36. The highest BCUT2D eigenvalue weighted by molar-refractivity contribution is 5.87. The van der Waals surface area contributed by atoms with E-state index in [1.165, 1.54) is 5.56 Å². The number of rotatable bonds is 7. The summed E-state index contributed by atoms with van der Waals surface area (Å²) in [5, 5.41) is 6.19. The number of aryl methyl sites for hydroxylation is 1. The lowest BCUT2D eigenvalue weighted by molar-refractivity contribution is -0.123. The number of fused-ring (bicyclic) bond motifs is 1. The number of benzene rings is 2. The van der Waals surface area contributed by atoms with Crippen molar-refractivity contribution in [3.05, 3.63) is 65.4 Å². The Kier molecular flexibility index (Phi) is 5.93. The number of amides is 1. The summed E-state index contributed by atoms with van der Waals surface area (Å²) >= 11 is 0. The van der Waals surface area contributed by atoms with E-state index in [-0.39, 0.29) is 18.6 Å². The molecule has 0 radical (unpaired) electrons. The van der Waals surface area contributed by atoms with Gasteiger partial charge < -0.3 is 15.4 Å². The van der Waals surface area contributed by atoms with Gasteiger partial charge in [0.2, 0.25) is 0 Å². The molecule has 2 aromatic carbocycles. The van der Waals surface area contributed by atoms with Crippen molar-refractivity contribution < 1.29 is 9.53 Å². The van der Waals surface area contributed by atoms with Gasteiger partial charge in [-0.2, -0.15) is 0 Å². The van der Waals surface area contributed by atoms with Crippen LogP contribution >= 0.6 is 0 Å². The Morgan fingerprint density at radius 3 is 2.90 bits per heavy atom. The third kappa shape index (κ3) is 5.06. The van der Waals surface area contributed by atoms with Crippen molar-refractivity contribution in [1.82, 2.24) is 15.3 Å². The molecule has 0 saturated carbocycles. The Bertz CT molecular complexity index is 1140. The van der Waals surface area contributed by atoms with E-state index in [2.05, 4.69) is 44.7 Å². The summed E-state index contributed by atoms with van der Waals surface area (Å²) in [4.78, 5) is 25.2. The Labute approximate surface area is 181 Å². The molecule has 7 heteroatoms. The van der Waals surface area contributed by atoms with Crippen LogP contribution in [-0.4, -0.2) is 34.7 Å². The Hall–Kier alpha value is -3.74. The van der Waals surface area contributed by atoms with Crippen molar-refractivity contribution >= 4 is 23.6 Å². The van der Waals surface area contributed by atoms with Crippen LogP contribution in [0.1, 0.15) is 30.5 Å². The lowest BCUT2D eigenvalue weighted by atomic mass is 10.0. The Balaban J connectivity index is 1.50. The molecule has 0 spiro atoms. The maximum absolute atomic E-state index is 11.8. The minimum atomic E-state index is -0.155. The van der Waals surface area contributed by atoms with Gasteiger partial charge in [0.25, 0.3) is 5.91 Å². The second-order valence-corrected chi connectivity index (χ2v) is 7.76. The topological polar surface area (TPSA) is 88.5 Å². The molecule has 2 heterocycles. The molecule has 1 aromatic heterocycles. The van der Waals surface area contributed by atoms with Gasteiger partial charge in [0.15, 0.2) is 12.4 Å². The number of nitrogens with one attached hydrogen (secondary N) is 2. The van der Waals surface area contributed by atoms with E-state index in [4.69, 9.17) is 4.74 Å². The molecule has 2 N–H and O–H groups in total.